The third-order valence-corrected chi connectivity index (χ3v) is 11.6. The van der Waals surface area contributed by atoms with Crippen LogP contribution in [0.1, 0.15) is 38.9 Å². The van der Waals surface area contributed by atoms with E-state index in [1.807, 2.05) is 36.4 Å². The van der Waals surface area contributed by atoms with Gasteiger partial charge >= 0.3 is 0 Å². The van der Waals surface area contributed by atoms with Crippen molar-refractivity contribution in [3.05, 3.63) is 97.1 Å². The molecule has 0 aliphatic carbocycles. The van der Waals surface area contributed by atoms with Crippen LogP contribution in [0.25, 0.3) is 0 Å². The van der Waals surface area contributed by atoms with Crippen LogP contribution < -0.4 is 19.8 Å². The number of fused-ring (bicyclic) bond motifs is 1. The molecule has 0 fully saturated rings. The van der Waals surface area contributed by atoms with Crippen molar-refractivity contribution in [2.75, 3.05) is 13.4 Å². The minimum absolute atomic E-state index is 0.127. The van der Waals surface area contributed by atoms with E-state index in [9.17, 15) is 5.11 Å². The molecule has 34 heavy (non-hydrogen) atoms. The van der Waals surface area contributed by atoms with Crippen LogP contribution in [0.2, 0.25) is 5.04 Å². The lowest BCUT2D eigenvalue weighted by molar-refractivity contribution is 0.0727. The van der Waals surface area contributed by atoms with Gasteiger partial charge in [-0.2, -0.15) is 0 Å². The fourth-order valence-corrected chi connectivity index (χ4v) is 9.48. The summed E-state index contributed by atoms with van der Waals surface area (Å²) >= 11 is 0. The van der Waals surface area contributed by atoms with E-state index < -0.39 is 14.4 Å². The van der Waals surface area contributed by atoms with Crippen LogP contribution in [-0.4, -0.2) is 26.8 Å². The first-order valence-corrected chi connectivity index (χ1v) is 13.7. The van der Waals surface area contributed by atoms with Crippen molar-refractivity contribution in [3.63, 3.8) is 0 Å². The van der Waals surface area contributed by atoms with Crippen molar-refractivity contribution < 1.29 is 19.0 Å². The minimum Gasteiger partial charge on any atom is -0.454 e. The van der Waals surface area contributed by atoms with Gasteiger partial charge in [0, 0.05) is 12.5 Å². The second-order valence-electron chi connectivity index (χ2n) is 9.82. The number of aliphatic hydroxyl groups excluding tert-OH is 1. The minimum atomic E-state index is -2.69. The molecule has 4 rings (SSSR count). The number of hydrogen-bond donors (Lipinski definition) is 1. The van der Waals surface area contributed by atoms with Crippen molar-refractivity contribution in [2.45, 2.75) is 38.3 Å². The second-order valence-corrected chi connectivity index (χ2v) is 14.1. The van der Waals surface area contributed by atoms with E-state index in [4.69, 9.17) is 13.9 Å². The topological polar surface area (TPSA) is 47.9 Å². The largest absolute Gasteiger partial charge is 0.454 e. The monoisotopic (exact) mass is 474 g/mol. The van der Waals surface area contributed by atoms with Gasteiger partial charge in [-0.1, -0.05) is 93.6 Å². The SMILES string of the molecule is C=CC[C@H](CO[Si](c1ccccc1)(c1ccccc1)C(C)(C)C)[C@H](O)c1ccc2c(c1)OCO2. The molecule has 1 heterocycles. The van der Waals surface area contributed by atoms with Gasteiger partial charge in [0.1, 0.15) is 0 Å². The molecule has 0 radical (unpaired) electrons. The molecule has 0 unspecified atom stereocenters. The lowest BCUT2D eigenvalue weighted by Gasteiger charge is -2.44. The number of aliphatic hydroxyl groups is 1. The predicted molar refractivity (Wildman–Crippen MR) is 139 cm³/mol. The van der Waals surface area contributed by atoms with E-state index >= 15 is 0 Å². The molecule has 0 saturated heterocycles. The van der Waals surface area contributed by atoms with Crippen LogP contribution >= 0.6 is 0 Å². The molecule has 3 aromatic carbocycles. The smallest absolute Gasteiger partial charge is 0.261 e. The van der Waals surface area contributed by atoms with E-state index in [1.165, 1.54) is 10.4 Å². The van der Waals surface area contributed by atoms with Crippen LogP contribution in [0, 0.1) is 5.92 Å². The molecule has 4 nitrogen and oxygen atoms in total. The molecule has 1 aliphatic heterocycles. The molecule has 0 spiro atoms. The van der Waals surface area contributed by atoms with Gasteiger partial charge in [-0.25, -0.2) is 0 Å². The zero-order chi connectivity index (χ0) is 24.2. The van der Waals surface area contributed by atoms with Crippen molar-refractivity contribution >= 4 is 18.7 Å². The summed E-state index contributed by atoms with van der Waals surface area (Å²) in [6.07, 6.45) is 1.77. The Morgan fingerprint density at radius 2 is 1.53 bits per heavy atom. The van der Waals surface area contributed by atoms with Crippen molar-refractivity contribution in [1.29, 1.82) is 0 Å². The Morgan fingerprint density at radius 3 is 2.09 bits per heavy atom. The van der Waals surface area contributed by atoms with Crippen LogP contribution in [0.3, 0.4) is 0 Å². The predicted octanol–water partition coefficient (Wildman–Crippen LogP) is 5.22. The van der Waals surface area contributed by atoms with Gasteiger partial charge in [0.05, 0.1) is 6.10 Å². The Hall–Kier alpha value is -2.86. The highest BCUT2D eigenvalue weighted by Crippen LogP contribution is 2.39. The average molecular weight is 475 g/mol. The number of ether oxygens (including phenoxy) is 2. The highest BCUT2D eigenvalue weighted by molar-refractivity contribution is 6.99. The number of allylic oxidation sites excluding steroid dienone is 1. The Bertz CT molecular complexity index is 1050. The van der Waals surface area contributed by atoms with Gasteiger partial charge in [0.25, 0.3) is 8.32 Å². The first-order chi connectivity index (χ1) is 16.4. The molecular formula is C29H34O4Si. The van der Waals surface area contributed by atoms with E-state index in [1.54, 1.807) is 0 Å². The summed E-state index contributed by atoms with van der Waals surface area (Å²) in [5.41, 5.74) is 0.794. The summed E-state index contributed by atoms with van der Waals surface area (Å²) in [4.78, 5) is 0. The van der Waals surface area contributed by atoms with Crippen LogP contribution in [0.5, 0.6) is 11.5 Å². The maximum Gasteiger partial charge on any atom is 0.261 e. The van der Waals surface area contributed by atoms with Crippen molar-refractivity contribution in [2.24, 2.45) is 5.92 Å². The highest BCUT2D eigenvalue weighted by Gasteiger charge is 2.50. The van der Waals surface area contributed by atoms with Crippen LogP contribution in [-0.2, 0) is 4.43 Å². The molecule has 178 valence electrons. The maximum atomic E-state index is 11.4. The molecule has 0 aromatic heterocycles. The third-order valence-electron chi connectivity index (χ3n) is 6.58. The fourth-order valence-electron chi connectivity index (χ4n) is 4.87. The zero-order valence-corrected chi connectivity index (χ0v) is 21.2. The quantitative estimate of drug-likeness (QED) is 0.341. The molecular weight excluding hydrogens is 440 g/mol. The molecule has 2 atom stereocenters. The van der Waals surface area contributed by atoms with E-state index in [2.05, 4.69) is 75.9 Å². The average Bonchev–Trinajstić information content (AvgIpc) is 3.32. The first-order valence-electron chi connectivity index (χ1n) is 11.8. The second kappa shape index (κ2) is 10.2. The van der Waals surface area contributed by atoms with Gasteiger partial charge in [0.15, 0.2) is 11.5 Å². The maximum absolute atomic E-state index is 11.4. The molecule has 5 heteroatoms. The van der Waals surface area contributed by atoms with Gasteiger partial charge in [-0.05, 0) is 39.5 Å². The lowest BCUT2D eigenvalue weighted by Crippen LogP contribution is -2.67. The van der Waals surface area contributed by atoms with Gasteiger partial charge in [-0.3, -0.25) is 0 Å². The molecule has 3 aromatic rings. The zero-order valence-electron chi connectivity index (χ0n) is 20.2. The summed E-state index contributed by atoms with van der Waals surface area (Å²) in [6, 6.07) is 26.8. The number of hydrogen-bond acceptors (Lipinski definition) is 4. The number of benzene rings is 3. The number of rotatable bonds is 9. The lowest BCUT2D eigenvalue weighted by atomic mass is 9.93. The standard InChI is InChI=1S/C29H34O4Si/c1-5-12-23(28(30)22-17-18-26-27(19-22)32-21-31-26)20-33-34(29(2,3)4,24-13-8-6-9-14-24)25-15-10-7-11-16-25/h5-11,13-19,23,28,30H,1,12,20-21H2,2-4H3/t23-,28-/m1/s1. The summed E-state index contributed by atoms with van der Waals surface area (Å²) in [5, 5.41) is 13.7. The molecule has 1 aliphatic rings. The Labute approximate surface area is 204 Å². The molecule has 0 bridgehead atoms. The third kappa shape index (κ3) is 4.69. The summed E-state index contributed by atoms with van der Waals surface area (Å²) < 4.78 is 18.0. The van der Waals surface area contributed by atoms with E-state index in [-0.39, 0.29) is 17.7 Å². The summed E-state index contributed by atoms with van der Waals surface area (Å²) in [6.45, 7) is 11.3. The van der Waals surface area contributed by atoms with Crippen LogP contribution in [0.4, 0.5) is 0 Å². The normalized spacial score (nSPS) is 15.1. The van der Waals surface area contributed by atoms with E-state index in [0.717, 1.165) is 5.56 Å². The molecule has 1 N–H and O–H groups in total. The van der Waals surface area contributed by atoms with E-state index in [0.29, 0.717) is 24.5 Å². The highest BCUT2D eigenvalue weighted by atomic mass is 28.4. The van der Waals surface area contributed by atoms with Gasteiger partial charge < -0.3 is 19.0 Å². The Morgan fingerprint density at radius 1 is 0.941 bits per heavy atom. The van der Waals surface area contributed by atoms with Crippen molar-refractivity contribution in [3.8, 4) is 11.5 Å². The molecule has 0 amide bonds. The van der Waals surface area contributed by atoms with Gasteiger partial charge in [-0.15, -0.1) is 6.58 Å². The molecule has 0 saturated carbocycles. The van der Waals surface area contributed by atoms with Crippen molar-refractivity contribution in [1.82, 2.24) is 0 Å². The van der Waals surface area contributed by atoms with Gasteiger partial charge in [0.2, 0.25) is 6.79 Å². The summed E-state index contributed by atoms with van der Waals surface area (Å²) in [5.74, 6) is 1.22. The summed E-state index contributed by atoms with van der Waals surface area (Å²) in [7, 11) is -2.69. The van der Waals surface area contributed by atoms with Crippen LogP contribution in [0.15, 0.2) is 91.5 Å². The Balaban J connectivity index is 1.69. The Kier molecular flexibility index (Phi) is 7.26. The first kappa shape index (κ1) is 24.3. The fraction of sp³-hybridized carbons (Fsp3) is 0.310.